The Balaban J connectivity index is 0.000000320. The predicted octanol–water partition coefficient (Wildman–Crippen LogP) is 26.2. The standard InChI is InChI=1S/C20H34O2.C19H28O2.2C16H26O2.2C10H14O/c1-8-16(7)17-10-12-18(13-11-17)22-20(21-9-2)19(14(3)4)15(5)6;1-4-14(2)17-7-9-18(10-8-17)20-15(3)21-19-11-5-6-16(12-19)13-19;1-7-12(2)13-8-10-14(11-9-13)18-15(17-6)16(3,4)5;1-6-13(4)15-7-9-16(10-8-15)18-14(5)17-11-12(2)3;2*1-3-8(2)9-4-6-10(11)7-5-9/h10-16,19-20H,8-9H2,1-7H3;7-10,14-16H,4-6,11-13H2,1-3H3;8-12,15H,7H2,1-6H3;7-10,12-14H,6,11H2,1-5H3;2*4-8,11H,3H2,1-2H3. The highest BCUT2D eigenvalue weighted by atomic mass is 16.7. The number of methoxy groups -OCH3 is 1. The van der Waals surface area contributed by atoms with E-state index in [1.807, 2.05) is 69.3 Å². The topological polar surface area (TPSA) is 114 Å². The highest BCUT2D eigenvalue weighted by molar-refractivity contribution is 5.33. The number of aromatic hydroxyl groups is 2. The minimum atomic E-state index is -0.230. The van der Waals surface area contributed by atoms with E-state index in [4.69, 9.17) is 48.1 Å². The van der Waals surface area contributed by atoms with E-state index >= 15 is 0 Å². The van der Waals surface area contributed by atoms with Gasteiger partial charge in [0.1, 0.15) is 34.5 Å². The van der Waals surface area contributed by atoms with Gasteiger partial charge in [0.2, 0.25) is 12.6 Å². The van der Waals surface area contributed by atoms with E-state index < -0.39 is 0 Å². The molecule has 0 spiro atoms. The van der Waals surface area contributed by atoms with Crippen molar-refractivity contribution in [3.63, 3.8) is 0 Å². The first-order valence-corrected chi connectivity index (χ1v) is 39.0. The fourth-order valence-corrected chi connectivity index (χ4v) is 12.5. The van der Waals surface area contributed by atoms with E-state index in [0.717, 1.165) is 67.6 Å². The first-order valence-electron chi connectivity index (χ1n) is 39.0. The normalized spacial score (nSPS) is 17.6. The largest absolute Gasteiger partial charge is 0.508 e. The number of rotatable bonds is 31. The van der Waals surface area contributed by atoms with Crippen molar-refractivity contribution in [2.45, 2.75) is 303 Å². The molecule has 0 aromatic heterocycles. The van der Waals surface area contributed by atoms with Crippen LogP contribution in [-0.2, 0) is 18.9 Å². The summed E-state index contributed by atoms with van der Waals surface area (Å²) in [6.45, 7) is 53.5. The summed E-state index contributed by atoms with van der Waals surface area (Å²) in [5.41, 5.74) is 8.16. The number of ether oxygens (including phenoxy) is 8. The number of hydrogen-bond acceptors (Lipinski definition) is 10. The Morgan fingerprint density at radius 3 is 0.980 bits per heavy atom. The number of benzene rings is 6. The quantitative estimate of drug-likeness (QED) is 0.0408. The third-order valence-electron chi connectivity index (χ3n) is 20.2. The van der Waals surface area contributed by atoms with Crippen molar-refractivity contribution >= 4 is 0 Å². The van der Waals surface area contributed by atoms with Crippen molar-refractivity contribution in [1.82, 2.24) is 0 Å². The van der Waals surface area contributed by atoms with Crippen LogP contribution in [0.4, 0.5) is 0 Å². The molecule has 0 saturated heterocycles. The van der Waals surface area contributed by atoms with Gasteiger partial charge >= 0.3 is 0 Å². The van der Waals surface area contributed by atoms with E-state index in [0.29, 0.717) is 77.3 Å². The molecule has 2 N–H and O–H groups in total. The monoisotopic (exact) mass is 1400 g/mol. The van der Waals surface area contributed by atoms with Crippen LogP contribution in [0.3, 0.4) is 0 Å². The lowest BCUT2D eigenvalue weighted by atomic mass is 9.61. The molecule has 6 aromatic carbocycles. The average Bonchev–Trinajstić information content (AvgIpc) is 0.766. The average molecular weight is 1400 g/mol. The van der Waals surface area contributed by atoms with Crippen LogP contribution in [0, 0.1) is 35.0 Å². The Morgan fingerprint density at radius 2 is 0.713 bits per heavy atom. The fourth-order valence-electron chi connectivity index (χ4n) is 12.5. The zero-order valence-corrected chi connectivity index (χ0v) is 67.9. The Kier molecular flexibility index (Phi) is 41.2. The van der Waals surface area contributed by atoms with Gasteiger partial charge in [0.25, 0.3) is 0 Å². The van der Waals surface area contributed by atoms with Crippen molar-refractivity contribution in [2.24, 2.45) is 35.0 Å². The Hall–Kier alpha value is -6.04. The van der Waals surface area contributed by atoms with Crippen LogP contribution in [0.15, 0.2) is 146 Å². The Labute approximate surface area is 616 Å². The van der Waals surface area contributed by atoms with Crippen LogP contribution in [0.1, 0.15) is 306 Å². The van der Waals surface area contributed by atoms with E-state index in [2.05, 4.69) is 218 Å². The number of phenolic OH excluding ortho intramolecular Hbond substituents is 2. The van der Waals surface area contributed by atoms with Crippen molar-refractivity contribution in [3.05, 3.63) is 179 Å². The lowest BCUT2D eigenvalue weighted by Gasteiger charge is -2.52. The molecule has 101 heavy (non-hydrogen) atoms. The van der Waals surface area contributed by atoms with Gasteiger partial charge in [0.15, 0.2) is 12.6 Å². The van der Waals surface area contributed by atoms with Gasteiger partial charge in [-0.05, 0) is 244 Å². The molecule has 10 atom stereocenters. The van der Waals surface area contributed by atoms with E-state index in [1.165, 1.54) is 71.9 Å². The molecule has 10 heteroatoms. The number of fused-ring (bicyclic) bond motifs is 2. The third-order valence-corrected chi connectivity index (χ3v) is 20.2. The Morgan fingerprint density at radius 1 is 0.406 bits per heavy atom. The summed E-state index contributed by atoms with van der Waals surface area (Å²) in [7, 11) is 1.68. The minimum Gasteiger partial charge on any atom is -0.508 e. The SMILES string of the molecule is CCC(C)c1ccc(O)cc1.CCC(C)c1ccc(O)cc1.CCC(C)c1ccc(OC(C)OC23CCCC(C2)C3)cc1.CCC(C)c1ccc(OC(C)OCC(C)C)cc1.CCC(C)c1ccc(OC(OC)C(C)(C)C)cc1.CCOC(Oc1ccc(C(C)CC)cc1)C(C(C)C)C(C)C. The molecule has 3 saturated carbocycles. The number of phenols is 2. The zero-order valence-electron chi connectivity index (χ0n) is 67.9. The maximum atomic E-state index is 9.01. The summed E-state index contributed by atoms with van der Waals surface area (Å²) >= 11 is 0. The maximum Gasteiger partial charge on any atom is 0.204 e. The van der Waals surface area contributed by atoms with Gasteiger partial charge < -0.3 is 48.1 Å². The van der Waals surface area contributed by atoms with Gasteiger partial charge in [-0.15, -0.1) is 0 Å². The second kappa shape index (κ2) is 46.6. The second-order valence-electron chi connectivity index (χ2n) is 30.9. The molecule has 9 rings (SSSR count). The van der Waals surface area contributed by atoms with E-state index in [9.17, 15) is 0 Å². The lowest BCUT2D eigenvalue weighted by Crippen LogP contribution is -2.51. The van der Waals surface area contributed by atoms with E-state index in [-0.39, 0.29) is 36.2 Å². The smallest absolute Gasteiger partial charge is 0.204 e. The fraction of sp³-hybridized carbons (Fsp3) is 0.604. The molecule has 6 aromatic rings. The van der Waals surface area contributed by atoms with Gasteiger partial charge in [-0.3, -0.25) is 0 Å². The summed E-state index contributed by atoms with van der Waals surface area (Å²) < 4.78 is 46.8. The van der Waals surface area contributed by atoms with Crippen LogP contribution < -0.4 is 18.9 Å². The van der Waals surface area contributed by atoms with Crippen molar-refractivity contribution in [1.29, 1.82) is 0 Å². The summed E-state index contributed by atoms with van der Waals surface area (Å²) in [5.74, 6) is 10.7. The highest BCUT2D eigenvalue weighted by Gasteiger charge is 2.49. The molecule has 0 radical (unpaired) electrons. The molecule has 2 bridgehead atoms. The van der Waals surface area contributed by atoms with Crippen LogP contribution in [0.2, 0.25) is 0 Å². The summed E-state index contributed by atoms with van der Waals surface area (Å²) in [6.07, 6.45) is 12.6. The van der Waals surface area contributed by atoms with Gasteiger partial charge in [-0.2, -0.15) is 0 Å². The van der Waals surface area contributed by atoms with Gasteiger partial charge in [-0.1, -0.05) is 231 Å². The molecule has 566 valence electrons. The minimum absolute atomic E-state index is 0.0376. The molecule has 3 aliphatic rings. The summed E-state index contributed by atoms with van der Waals surface area (Å²) in [6, 6.07) is 48.5. The maximum absolute atomic E-state index is 9.01. The molecule has 10 unspecified atom stereocenters. The Bertz CT molecular complexity index is 2970. The molecule has 0 amide bonds. The first kappa shape index (κ1) is 89.2. The van der Waals surface area contributed by atoms with Crippen LogP contribution >= 0.6 is 0 Å². The molecule has 3 aliphatic carbocycles. The van der Waals surface area contributed by atoms with Crippen LogP contribution in [0.5, 0.6) is 34.5 Å². The van der Waals surface area contributed by atoms with Crippen LogP contribution in [-0.4, -0.2) is 61.3 Å². The van der Waals surface area contributed by atoms with Gasteiger partial charge in [-0.25, -0.2) is 0 Å². The molecule has 0 heterocycles. The van der Waals surface area contributed by atoms with Crippen molar-refractivity contribution < 1.29 is 48.1 Å². The van der Waals surface area contributed by atoms with Crippen molar-refractivity contribution in [3.8, 4) is 34.5 Å². The third kappa shape index (κ3) is 32.7. The highest BCUT2D eigenvalue weighted by Crippen LogP contribution is 2.52. The summed E-state index contributed by atoms with van der Waals surface area (Å²) in [5, 5.41) is 18.0. The molecular weight excluding hydrogens is 1250 g/mol. The zero-order chi connectivity index (χ0) is 75.4. The molecule has 3 fully saturated rings. The van der Waals surface area contributed by atoms with E-state index in [1.54, 1.807) is 31.4 Å². The second-order valence-corrected chi connectivity index (χ2v) is 30.9. The molecule has 0 aliphatic heterocycles. The first-order chi connectivity index (χ1) is 47.9. The number of hydrogen-bond donors (Lipinski definition) is 2. The van der Waals surface area contributed by atoms with Gasteiger partial charge in [0.05, 0.1) is 12.2 Å². The van der Waals surface area contributed by atoms with Crippen molar-refractivity contribution in [2.75, 3.05) is 20.3 Å². The predicted molar refractivity (Wildman–Crippen MR) is 426 cm³/mol. The van der Waals surface area contributed by atoms with Crippen LogP contribution in [0.25, 0.3) is 0 Å². The molecular formula is C91H142O10. The lowest BCUT2D eigenvalue weighted by molar-refractivity contribution is -0.227. The molecule has 10 nitrogen and oxygen atoms in total. The van der Waals surface area contributed by atoms with Gasteiger partial charge in [0, 0.05) is 25.0 Å². The summed E-state index contributed by atoms with van der Waals surface area (Å²) in [4.78, 5) is 0.